The molecule has 27 heavy (non-hydrogen) atoms. The molecule has 1 aromatic carbocycles. The molecule has 0 bridgehead atoms. The summed E-state index contributed by atoms with van der Waals surface area (Å²) in [6, 6.07) is 5.87. The van der Waals surface area contributed by atoms with E-state index in [2.05, 4.69) is 6.92 Å². The van der Waals surface area contributed by atoms with E-state index in [4.69, 9.17) is 19.3 Å². The first-order valence-electron chi connectivity index (χ1n) is 9.76. The average molecular weight is 377 g/mol. The van der Waals surface area contributed by atoms with Gasteiger partial charge < -0.3 is 24.2 Å². The van der Waals surface area contributed by atoms with Crippen LogP contribution in [-0.2, 0) is 14.3 Å². The Kier molecular flexibility index (Phi) is 6.40. The van der Waals surface area contributed by atoms with E-state index in [1.54, 1.807) is 7.11 Å². The minimum Gasteiger partial charge on any atom is -0.484 e. The fraction of sp³-hybridized carbons (Fsp3) is 0.667. The maximum absolute atomic E-state index is 12.9. The van der Waals surface area contributed by atoms with Gasteiger partial charge in [0.2, 0.25) is 0 Å². The zero-order chi connectivity index (χ0) is 19.4. The molecule has 1 saturated heterocycles. The van der Waals surface area contributed by atoms with Gasteiger partial charge in [-0.25, -0.2) is 0 Å². The van der Waals surface area contributed by atoms with Crippen LogP contribution in [0.2, 0.25) is 0 Å². The summed E-state index contributed by atoms with van der Waals surface area (Å²) in [6.07, 6.45) is 3.40. The minimum absolute atomic E-state index is 0.00389. The van der Waals surface area contributed by atoms with E-state index in [1.807, 2.05) is 30.0 Å². The summed E-state index contributed by atoms with van der Waals surface area (Å²) in [6.45, 7) is 5.15. The average Bonchev–Trinajstić information content (AvgIpc) is 3.06. The lowest BCUT2D eigenvalue weighted by Crippen LogP contribution is -2.54. The standard InChI is InChI=1S/C21H31NO5/c1-15-4-5-17(12-16(15)2)27-14-20(24)22-9-8-21(25-3)7-6-18(13-19(21)22)26-11-10-23/h4-5,12,18-19,23H,6-11,13-14H2,1-3H3/t18-,19-,21+/m0/s1. The number of aliphatic hydroxyl groups excluding tert-OH is 1. The van der Waals surface area contributed by atoms with E-state index in [-0.39, 0.29) is 36.9 Å². The molecule has 1 heterocycles. The van der Waals surface area contributed by atoms with Crippen LogP contribution in [0.25, 0.3) is 0 Å². The molecule has 6 heteroatoms. The summed E-state index contributed by atoms with van der Waals surface area (Å²) in [4.78, 5) is 14.8. The van der Waals surface area contributed by atoms with Gasteiger partial charge in [0, 0.05) is 13.7 Å². The number of aryl methyl sites for hydroxylation is 2. The van der Waals surface area contributed by atoms with E-state index < -0.39 is 0 Å². The second-order valence-corrected chi connectivity index (χ2v) is 7.65. The maximum Gasteiger partial charge on any atom is 0.260 e. The number of carbonyl (C=O) groups excluding carboxylic acids is 1. The van der Waals surface area contributed by atoms with Gasteiger partial charge in [0.25, 0.3) is 5.91 Å². The Hall–Kier alpha value is -1.63. The van der Waals surface area contributed by atoms with Crippen molar-refractivity contribution in [1.29, 1.82) is 0 Å². The van der Waals surface area contributed by atoms with Crippen LogP contribution in [-0.4, -0.2) is 67.1 Å². The fourth-order valence-corrected chi connectivity index (χ4v) is 4.36. The molecular weight excluding hydrogens is 346 g/mol. The zero-order valence-corrected chi connectivity index (χ0v) is 16.6. The number of methoxy groups -OCH3 is 1. The minimum atomic E-state index is -0.283. The number of aliphatic hydroxyl groups is 1. The molecule has 150 valence electrons. The van der Waals surface area contributed by atoms with Crippen LogP contribution in [0.5, 0.6) is 5.75 Å². The van der Waals surface area contributed by atoms with Crippen molar-refractivity contribution >= 4 is 5.91 Å². The summed E-state index contributed by atoms with van der Waals surface area (Å²) >= 11 is 0. The van der Waals surface area contributed by atoms with Crippen molar-refractivity contribution in [1.82, 2.24) is 4.90 Å². The van der Waals surface area contributed by atoms with Gasteiger partial charge in [-0.15, -0.1) is 0 Å². The van der Waals surface area contributed by atoms with Gasteiger partial charge in [0.05, 0.1) is 31.0 Å². The molecule has 1 aliphatic carbocycles. The van der Waals surface area contributed by atoms with Crippen LogP contribution in [0.4, 0.5) is 0 Å². The molecule has 1 amide bonds. The molecule has 2 fully saturated rings. The molecule has 1 N–H and O–H groups in total. The normalized spacial score (nSPS) is 27.5. The summed E-state index contributed by atoms with van der Waals surface area (Å²) in [5.74, 6) is 0.705. The van der Waals surface area contributed by atoms with E-state index >= 15 is 0 Å². The third-order valence-corrected chi connectivity index (χ3v) is 6.15. The first kappa shape index (κ1) is 20.1. The number of ether oxygens (including phenoxy) is 3. The Balaban J connectivity index is 1.63. The maximum atomic E-state index is 12.9. The van der Waals surface area contributed by atoms with Gasteiger partial charge in [-0.05, 0) is 62.8 Å². The Morgan fingerprint density at radius 1 is 1.30 bits per heavy atom. The first-order valence-corrected chi connectivity index (χ1v) is 9.76. The molecular formula is C21H31NO5. The number of benzene rings is 1. The van der Waals surface area contributed by atoms with E-state index in [0.717, 1.165) is 37.0 Å². The van der Waals surface area contributed by atoms with Crippen molar-refractivity contribution in [3.8, 4) is 5.75 Å². The Labute approximate surface area is 161 Å². The molecule has 6 nitrogen and oxygen atoms in total. The van der Waals surface area contributed by atoms with E-state index in [0.29, 0.717) is 13.2 Å². The number of carbonyl (C=O) groups is 1. The van der Waals surface area contributed by atoms with Crippen molar-refractivity contribution in [3.63, 3.8) is 0 Å². The third kappa shape index (κ3) is 4.28. The molecule has 0 unspecified atom stereocenters. The molecule has 3 rings (SSSR count). The summed E-state index contributed by atoms with van der Waals surface area (Å²) < 4.78 is 17.4. The molecule has 0 radical (unpaired) electrons. The van der Waals surface area contributed by atoms with Crippen molar-refractivity contribution < 1.29 is 24.1 Å². The molecule has 3 atom stereocenters. The highest BCUT2D eigenvalue weighted by atomic mass is 16.5. The van der Waals surface area contributed by atoms with Gasteiger partial charge in [0.15, 0.2) is 6.61 Å². The van der Waals surface area contributed by atoms with E-state index in [9.17, 15) is 4.79 Å². The Morgan fingerprint density at radius 3 is 2.81 bits per heavy atom. The number of hydrogen-bond donors (Lipinski definition) is 1. The molecule has 2 aliphatic rings. The Morgan fingerprint density at radius 2 is 2.11 bits per heavy atom. The zero-order valence-electron chi connectivity index (χ0n) is 16.6. The van der Waals surface area contributed by atoms with Crippen LogP contribution in [0.3, 0.4) is 0 Å². The molecule has 0 aromatic heterocycles. The Bertz CT molecular complexity index is 664. The third-order valence-electron chi connectivity index (χ3n) is 6.15. The van der Waals surface area contributed by atoms with Crippen molar-refractivity contribution in [2.24, 2.45) is 0 Å². The quantitative estimate of drug-likeness (QED) is 0.789. The van der Waals surface area contributed by atoms with Gasteiger partial charge in [-0.3, -0.25) is 4.79 Å². The highest BCUT2D eigenvalue weighted by Crippen LogP contribution is 2.43. The van der Waals surface area contributed by atoms with Crippen LogP contribution in [0.15, 0.2) is 18.2 Å². The number of fused-ring (bicyclic) bond motifs is 1. The lowest BCUT2D eigenvalue weighted by atomic mass is 9.79. The van der Waals surface area contributed by atoms with E-state index in [1.165, 1.54) is 5.56 Å². The summed E-state index contributed by atoms with van der Waals surface area (Å²) in [5.41, 5.74) is 2.07. The predicted molar refractivity (Wildman–Crippen MR) is 102 cm³/mol. The molecule has 1 aromatic rings. The summed E-state index contributed by atoms with van der Waals surface area (Å²) in [5, 5.41) is 9.01. The number of rotatable bonds is 7. The van der Waals surface area contributed by atoms with Gasteiger partial charge in [-0.2, -0.15) is 0 Å². The molecule has 1 aliphatic heterocycles. The van der Waals surface area contributed by atoms with Crippen molar-refractivity contribution in [3.05, 3.63) is 29.3 Å². The number of nitrogens with zero attached hydrogens (tertiary/aromatic N) is 1. The monoisotopic (exact) mass is 377 g/mol. The first-order chi connectivity index (χ1) is 13.0. The van der Waals surface area contributed by atoms with Gasteiger partial charge in [0.1, 0.15) is 5.75 Å². The number of likely N-dealkylation sites (tertiary alicyclic amines) is 1. The van der Waals surface area contributed by atoms with Crippen LogP contribution < -0.4 is 4.74 Å². The largest absolute Gasteiger partial charge is 0.484 e. The lowest BCUT2D eigenvalue weighted by molar-refractivity contribution is -0.144. The fourth-order valence-electron chi connectivity index (χ4n) is 4.36. The molecule has 1 saturated carbocycles. The van der Waals surface area contributed by atoms with Crippen LogP contribution >= 0.6 is 0 Å². The highest BCUT2D eigenvalue weighted by molar-refractivity contribution is 5.78. The number of hydrogen-bond acceptors (Lipinski definition) is 5. The van der Waals surface area contributed by atoms with Crippen molar-refractivity contribution in [2.75, 3.05) is 33.5 Å². The van der Waals surface area contributed by atoms with Crippen LogP contribution in [0, 0.1) is 13.8 Å². The molecule has 0 spiro atoms. The second kappa shape index (κ2) is 8.59. The van der Waals surface area contributed by atoms with Gasteiger partial charge in [-0.1, -0.05) is 6.07 Å². The van der Waals surface area contributed by atoms with Gasteiger partial charge >= 0.3 is 0 Å². The summed E-state index contributed by atoms with van der Waals surface area (Å²) in [7, 11) is 1.74. The smallest absolute Gasteiger partial charge is 0.260 e. The topological polar surface area (TPSA) is 68.2 Å². The second-order valence-electron chi connectivity index (χ2n) is 7.65. The SMILES string of the molecule is CO[C@@]12CC[C@H](OCCO)C[C@@H]1N(C(=O)COc1ccc(C)c(C)c1)CC2. The highest BCUT2D eigenvalue weighted by Gasteiger charge is 2.52. The van der Waals surface area contributed by atoms with Crippen molar-refractivity contribution in [2.45, 2.75) is 57.3 Å². The van der Waals surface area contributed by atoms with Crippen LogP contribution in [0.1, 0.15) is 36.8 Å². The number of amides is 1. The lowest BCUT2D eigenvalue weighted by Gasteiger charge is -2.43. The predicted octanol–water partition coefficient (Wildman–Crippen LogP) is 2.23.